The van der Waals surface area contributed by atoms with E-state index in [2.05, 4.69) is 6.07 Å². The Balaban J connectivity index is 2.85. The number of nitrogens with zero attached hydrogens (tertiary/aromatic N) is 1. The molecule has 0 saturated carbocycles. The highest BCUT2D eigenvalue weighted by atomic mass is 35.5. The topological polar surface area (TPSA) is 23.8 Å². The zero-order valence-corrected chi connectivity index (χ0v) is 8.25. The minimum Gasteiger partial charge on any atom is -0.192 e. The van der Waals surface area contributed by atoms with Crippen molar-refractivity contribution in [3.63, 3.8) is 0 Å². The molecule has 0 atom stereocenters. The first-order chi connectivity index (χ1) is 6.86. The Hall–Kier alpha value is -1.52. The van der Waals surface area contributed by atoms with Crippen LogP contribution < -0.4 is 0 Å². The second-order valence-corrected chi connectivity index (χ2v) is 3.33. The van der Waals surface area contributed by atoms with Crippen LogP contribution >= 0.6 is 11.6 Å². The number of hydrogen-bond donors (Lipinski definition) is 0. The van der Waals surface area contributed by atoms with Gasteiger partial charge in [0.1, 0.15) is 6.07 Å². The molecule has 0 saturated heterocycles. The summed E-state index contributed by atoms with van der Waals surface area (Å²) in [4.78, 5) is 0. The lowest BCUT2D eigenvalue weighted by molar-refractivity contribution is 1.37. The molecule has 0 unspecified atom stereocenters. The van der Waals surface area contributed by atoms with Gasteiger partial charge in [0.05, 0.1) is 5.56 Å². The van der Waals surface area contributed by atoms with E-state index in [0.29, 0.717) is 11.4 Å². The maximum absolute atomic E-state index is 9.04. The van der Waals surface area contributed by atoms with Crippen molar-refractivity contribution in [2.45, 2.75) is 5.88 Å². The van der Waals surface area contributed by atoms with Gasteiger partial charge in [0.15, 0.2) is 0 Å². The van der Waals surface area contributed by atoms with Gasteiger partial charge in [-0.1, -0.05) is 36.4 Å². The van der Waals surface area contributed by atoms with E-state index in [0.717, 1.165) is 16.3 Å². The third-order valence-electron chi connectivity index (χ3n) is 2.27. The van der Waals surface area contributed by atoms with Crippen LogP contribution in [0.15, 0.2) is 36.4 Å². The number of halogens is 1. The third-order valence-corrected chi connectivity index (χ3v) is 2.56. The molecule has 0 bridgehead atoms. The molecule has 0 aliphatic rings. The van der Waals surface area contributed by atoms with Crippen LogP contribution in [0, 0.1) is 11.3 Å². The number of fused-ring (bicyclic) bond motifs is 1. The lowest BCUT2D eigenvalue weighted by Gasteiger charge is -2.03. The van der Waals surface area contributed by atoms with E-state index in [9.17, 15) is 0 Å². The number of benzene rings is 2. The molecule has 2 aromatic carbocycles. The molecule has 0 aliphatic carbocycles. The Morgan fingerprint density at radius 1 is 1.14 bits per heavy atom. The van der Waals surface area contributed by atoms with Crippen LogP contribution in [0.25, 0.3) is 10.8 Å². The van der Waals surface area contributed by atoms with Gasteiger partial charge in [-0.15, -0.1) is 11.6 Å². The smallest absolute Gasteiger partial charge is 0.100 e. The number of alkyl halides is 1. The molecule has 2 aromatic rings. The largest absolute Gasteiger partial charge is 0.192 e. The predicted molar refractivity (Wildman–Crippen MR) is 58.2 cm³/mol. The zero-order valence-electron chi connectivity index (χ0n) is 7.50. The van der Waals surface area contributed by atoms with Gasteiger partial charge in [-0.25, -0.2) is 0 Å². The first kappa shape index (κ1) is 9.05. The molecule has 0 spiro atoms. The predicted octanol–water partition coefficient (Wildman–Crippen LogP) is 3.45. The lowest BCUT2D eigenvalue weighted by Crippen LogP contribution is -1.87. The number of nitriles is 1. The SMILES string of the molecule is N#Cc1c(CCl)ccc2ccccc12. The van der Waals surface area contributed by atoms with Crippen molar-refractivity contribution < 1.29 is 0 Å². The quantitative estimate of drug-likeness (QED) is 0.649. The van der Waals surface area contributed by atoms with Crippen LogP contribution in [-0.2, 0) is 5.88 Å². The molecule has 0 fully saturated rings. The summed E-state index contributed by atoms with van der Waals surface area (Å²) >= 11 is 5.76. The highest BCUT2D eigenvalue weighted by Crippen LogP contribution is 2.22. The second-order valence-electron chi connectivity index (χ2n) is 3.07. The van der Waals surface area contributed by atoms with Gasteiger partial charge in [-0.3, -0.25) is 0 Å². The summed E-state index contributed by atoms with van der Waals surface area (Å²) in [5.74, 6) is 0.383. The van der Waals surface area contributed by atoms with Gasteiger partial charge in [0, 0.05) is 5.88 Å². The average molecular weight is 202 g/mol. The van der Waals surface area contributed by atoms with E-state index in [-0.39, 0.29) is 0 Å². The second kappa shape index (κ2) is 3.69. The molecule has 0 radical (unpaired) electrons. The lowest BCUT2D eigenvalue weighted by atomic mass is 10.0. The molecule has 0 heterocycles. The molecule has 14 heavy (non-hydrogen) atoms. The van der Waals surface area contributed by atoms with Crippen molar-refractivity contribution in [3.8, 4) is 6.07 Å². The molecule has 2 heteroatoms. The van der Waals surface area contributed by atoms with Gasteiger partial charge < -0.3 is 0 Å². The fourth-order valence-electron chi connectivity index (χ4n) is 1.56. The molecule has 1 nitrogen and oxygen atoms in total. The van der Waals surface area contributed by atoms with Crippen molar-refractivity contribution in [2.24, 2.45) is 0 Å². The van der Waals surface area contributed by atoms with Crippen molar-refractivity contribution in [3.05, 3.63) is 47.5 Å². The first-order valence-corrected chi connectivity index (χ1v) is 4.87. The Labute approximate surface area is 87.5 Å². The Kier molecular flexibility index (Phi) is 2.39. The van der Waals surface area contributed by atoms with Gasteiger partial charge in [0.2, 0.25) is 0 Å². The van der Waals surface area contributed by atoms with Crippen molar-refractivity contribution >= 4 is 22.4 Å². The van der Waals surface area contributed by atoms with E-state index in [1.165, 1.54) is 0 Å². The summed E-state index contributed by atoms with van der Waals surface area (Å²) in [6.45, 7) is 0. The minimum atomic E-state index is 0.383. The van der Waals surface area contributed by atoms with Crippen molar-refractivity contribution in [1.82, 2.24) is 0 Å². The standard InChI is InChI=1S/C12H8ClN/c13-7-10-6-5-9-3-1-2-4-11(9)12(10)8-14/h1-6H,7H2. The average Bonchev–Trinajstić information content (AvgIpc) is 2.27. The van der Waals surface area contributed by atoms with Gasteiger partial charge in [-0.2, -0.15) is 5.26 Å². The molecule has 2 rings (SSSR count). The summed E-state index contributed by atoms with van der Waals surface area (Å²) in [6.07, 6.45) is 0. The highest BCUT2D eigenvalue weighted by molar-refractivity contribution is 6.17. The van der Waals surface area contributed by atoms with Crippen LogP contribution in [0.4, 0.5) is 0 Å². The summed E-state index contributed by atoms with van der Waals surface area (Å²) in [7, 11) is 0. The zero-order chi connectivity index (χ0) is 9.97. The van der Waals surface area contributed by atoms with E-state index in [1.807, 2.05) is 36.4 Å². The summed E-state index contributed by atoms with van der Waals surface area (Å²) < 4.78 is 0. The monoisotopic (exact) mass is 201 g/mol. The maximum Gasteiger partial charge on any atom is 0.100 e. The van der Waals surface area contributed by atoms with Gasteiger partial charge in [0.25, 0.3) is 0 Å². The van der Waals surface area contributed by atoms with Crippen LogP contribution in [0.3, 0.4) is 0 Å². The first-order valence-electron chi connectivity index (χ1n) is 4.33. The van der Waals surface area contributed by atoms with Crippen LogP contribution in [0.5, 0.6) is 0 Å². The van der Waals surface area contributed by atoms with E-state index in [4.69, 9.17) is 16.9 Å². The number of hydrogen-bond acceptors (Lipinski definition) is 1. The fourth-order valence-corrected chi connectivity index (χ4v) is 1.78. The van der Waals surface area contributed by atoms with Gasteiger partial charge >= 0.3 is 0 Å². The Morgan fingerprint density at radius 3 is 2.64 bits per heavy atom. The van der Waals surface area contributed by atoms with E-state index >= 15 is 0 Å². The molecule has 0 amide bonds. The molecular formula is C12H8ClN. The molecule has 0 aliphatic heterocycles. The van der Waals surface area contributed by atoms with E-state index in [1.54, 1.807) is 0 Å². The Morgan fingerprint density at radius 2 is 1.93 bits per heavy atom. The summed E-state index contributed by atoms with van der Waals surface area (Å²) in [6, 6.07) is 13.9. The van der Waals surface area contributed by atoms with Crippen molar-refractivity contribution in [1.29, 1.82) is 5.26 Å². The molecular weight excluding hydrogens is 194 g/mol. The number of rotatable bonds is 1. The molecule has 68 valence electrons. The van der Waals surface area contributed by atoms with Crippen molar-refractivity contribution in [2.75, 3.05) is 0 Å². The highest BCUT2D eigenvalue weighted by Gasteiger charge is 2.04. The summed E-state index contributed by atoms with van der Waals surface area (Å²) in [5, 5.41) is 11.1. The van der Waals surface area contributed by atoms with Crippen LogP contribution in [-0.4, -0.2) is 0 Å². The van der Waals surface area contributed by atoms with E-state index < -0.39 is 0 Å². The van der Waals surface area contributed by atoms with Crippen LogP contribution in [0.1, 0.15) is 11.1 Å². The van der Waals surface area contributed by atoms with Gasteiger partial charge in [-0.05, 0) is 16.3 Å². The Bertz CT molecular complexity index is 511. The maximum atomic E-state index is 9.04. The fraction of sp³-hybridized carbons (Fsp3) is 0.0833. The molecule has 0 N–H and O–H groups in total. The summed E-state index contributed by atoms with van der Waals surface area (Å²) in [5.41, 5.74) is 1.59. The molecule has 0 aromatic heterocycles. The van der Waals surface area contributed by atoms with Crippen LogP contribution in [0.2, 0.25) is 0 Å². The normalized spacial score (nSPS) is 10.0. The minimum absolute atomic E-state index is 0.383. The third kappa shape index (κ3) is 1.34.